The molecular weight excluding hydrogens is 224 g/mol. The molecule has 0 bridgehead atoms. The molecule has 3 heteroatoms. The Kier molecular flexibility index (Phi) is 7.74. The minimum Gasteiger partial charge on any atom is -0.374 e. The Morgan fingerprint density at radius 3 is 2.78 bits per heavy atom. The van der Waals surface area contributed by atoms with E-state index < -0.39 is 6.23 Å². The molecule has 1 unspecified atom stereocenters. The lowest BCUT2D eigenvalue weighted by molar-refractivity contribution is 0.0767. The van der Waals surface area contributed by atoms with Crippen molar-refractivity contribution >= 4 is 5.84 Å². The number of rotatable bonds is 9. The Morgan fingerprint density at radius 1 is 1.28 bits per heavy atom. The summed E-state index contributed by atoms with van der Waals surface area (Å²) in [6.07, 6.45) is 12.7. The fourth-order valence-electron chi connectivity index (χ4n) is 2.27. The molecule has 0 spiro atoms. The maximum absolute atomic E-state index is 9.57. The van der Waals surface area contributed by atoms with E-state index in [-0.39, 0.29) is 0 Å². The van der Waals surface area contributed by atoms with Crippen LogP contribution in [0.3, 0.4) is 0 Å². The first-order valence-electron chi connectivity index (χ1n) is 7.38. The minimum absolute atomic E-state index is 0.399. The third kappa shape index (κ3) is 5.67. The second-order valence-electron chi connectivity index (χ2n) is 4.98. The van der Waals surface area contributed by atoms with E-state index in [0.717, 1.165) is 31.8 Å². The Balaban J connectivity index is 2.08. The third-order valence-electron chi connectivity index (χ3n) is 3.34. The van der Waals surface area contributed by atoms with Crippen LogP contribution in [-0.2, 0) is 0 Å². The number of hydrogen-bond acceptors (Lipinski definition) is 3. The molecule has 1 aliphatic heterocycles. The third-order valence-corrected chi connectivity index (χ3v) is 3.34. The van der Waals surface area contributed by atoms with E-state index in [1.807, 2.05) is 11.8 Å². The van der Waals surface area contributed by atoms with Crippen molar-refractivity contribution in [3.05, 3.63) is 12.2 Å². The lowest BCUT2D eigenvalue weighted by Crippen LogP contribution is -2.35. The second-order valence-corrected chi connectivity index (χ2v) is 4.98. The van der Waals surface area contributed by atoms with Crippen LogP contribution in [0.4, 0.5) is 0 Å². The normalized spacial score (nSPS) is 17.5. The number of unbranched alkanes of at least 4 members (excludes halogenated alkanes) is 4. The highest BCUT2D eigenvalue weighted by Gasteiger charge is 2.19. The lowest BCUT2D eigenvalue weighted by atomic mass is 10.1. The first kappa shape index (κ1) is 15.2. The summed E-state index contributed by atoms with van der Waals surface area (Å²) >= 11 is 0. The second kappa shape index (κ2) is 9.15. The Morgan fingerprint density at radius 2 is 2.06 bits per heavy atom. The van der Waals surface area contributed by atoms with Gasteiger partial charge < -0.3 is 10.0 Å². The predicted octanol–water partition coefficient (Wildman–Crippen LogP) is 3.35. The molecule has 1 aliphatic rings. The molecule has 1 heterocycles. The van der Waals surface area contributed by atoms with Crippen LogP contribution in [0, 0.1) is 0 Å². The van der Waals surface area contributed by atoms with E-state index >= 15 is 0 Å². The zero-order valence-electron chi connectivity index (χ0n) is 11.9. The standard InChI is InChI=1S/C15H28N2O/c1-3-4-5-6-7-8-9-10-11-15-16-12-13-17(15)14(2)18/h8-9,14,18H,3-7,10-13H2,1-2H3/b9-8+. The highest BCUT2D eigenvalue weighted by Crippen LogP contribution is 2.11. The number of hydrogen-bond donors (Lipinski definition) is 1. The minimum atomic E-state index is -0.399. The fraction of sp³-hybridized carbons (Fsp3) is 0.800. The maximum Gasteiger partial charge on any atom is 0.125 e. The Labute approximate surface area is 112 Å². The van der Waals surface area contributed by atoms with E-state index in [2.05, 4.69) is 24.1 Å². The Hall–Kier alpha value is -0.830. The molecule has 1 rings (SSSR count). The van der Waals surface area contributed by atoms with E-state index in [4.69, 9.17) is 0 Å². The van der Waals surface area contributed by atoms with Gasteiger partial charge in [-0.25, -0.2) is 0 Å². The van der Waals surface area contributed by atoms with Gasteiger partial charge in [0.2, 0.25) is 0 Å². The van der Waals surface area contributed by atoms with Crippen molar-refractivity contribution in [1.29, 1.82) is 0 Å². The van der Waals surface area contributed by atoms with Gasteiger partial charge in [0.15, 0.2) is 0 Å². The predicted molar refractivity (Wildman–Crippen MR) is 77.8 cm³/mol. The van der Waals surface area contributed by atoms with Crippen molar-refractivity contribution < 1.29 is 5.11 Å². The zero-order chi connectivity index (χ0) is 13.2. The monoisotopic (exact) mass is 252 g/mol. The van der Waals surface area contributed by atoms with Crippen LogP contribution >= 0.6 is 0 Å². The average Bonchev–Trinajstić information content (AvgIpc) is 2.81. The van der Waals surface area contributed by atoms with Crippen molar-refractivity contribution in [3.8, 4) is 0 Å². The van der Waals surface area contributed by atoms with Crippen LogP contribution < -0.4 is 0 Å². The van der Waals surface area contributed by atoms with Gasteiger partial charge in [0.25, 0.3) is 0 Å². The molecule has 0 saturated heterocycles. The molecule has 0 amide bonds. The van der Waals surface area contributed by atoms with Gasteiger partial charge >= 0.3 is 0 Å². The molecular formula is C15H28N2O. The van der Waals surface area contributed by atoms with Crippen molar-refractivity contribution in [2.45, 2.75) is 65.0 Å². The lowest BCUT2D eigenvalue weighted by Gasteiger charge is -2.23. The zero-order valence-corrected chi connectivity index (χ0v) is 11.9. The van der Waals surface area contributed by atoms with Gasteiger partial charge in [-0.15, -0.1) is 0 Å². The van der Waals surface area contributed by atoms with Crippen LogP contribution in [0.5, 0.6) is 0 Å². The number of aliphatic hydroxyl groups is 1. The number of amidine groups is 1. The molecule has 1 atom stereocenters. The molecule has 0 fully saturated rings. The maximum atomic E-state index is 9.57. The van der Waals surface area contributed by atoms with Crippen LogP contribution in [0.15, 0.2) is 17.1 Å². The molecule has 0 radical (unpaired) electrons. The summed E-state index contributed by atoms with van der Waals surface area (Å²) in [7, 11) is 0. The topological polar surface area (TPSA) is 35.8 Å². The van der Waals surface area contributed by atoms with Crippen LogP contribution in [0.2, 0.25) is 0 Å². The number of aliphatic imine (C=N–C) groups is 1. The van der Waals surface area contributed by atoms with E-state index in [1.165, 1.54) is 32.1 Å². The summed E-state index contributed by atoms with van der Waals surface area (Å²) in [6.45, 7) is 5.76. The van der Waals surface area contributed by atoms with Gasteiger partial charge in [0, 0.05) is 13.0 Å². The van der Waals surface area contributed by atoms with Gasteiger partial charge in [-0.2, -0.15) is 0 Å². The summed E-state index contributed by atoms with van der Waals surface area (Å²) in [6, 6.07) is 0. The summed E-state index contributed by atoms with van der Waals surface area (Å²) in [5.74, 6) is 1.07. The van der Waals surface area contributed by atoms with Crippen LogP contribution in [-0.4, -0.2) is 35.2 Å². The highest BCUT2D eigenvalue weighted by molar-refractivity contribution is 5.84. The molecule has 1 N–H and O–H groups in total. The van der Waals surface area contributed by atoms with Gasteiger partial charge in [-0.1, -0.05) is 38.3 Å². The van der Waals surface area contributed by atoms with Gasteiger partial charge in [0.05, 0.1) is 6.54 Å². The molecule has 0 saturated carbocycles. The molecule has 104 valence electrons. The molecule has 0 aromatic carbocycles. The van der Waals surface area contributed by atoms with E-state index in [0.29, 0.717) is 0 Å². The van der Waals surface area contributed by atoms with Crippen molar-refractivity contribution in [2.75, 3.05) is 13.1 Å². The number of aliphatic hydroxyl groups excluding tert-OH is 1. The molecule has 0 aromatic heterocycles. The van der Waals surface area contributed by atoms with Crippen molar-refractivity contribution in [3.63, 3.8) is 0 Å². The van der Waals surface area contributed by atoms with E-state index in [9.17, 15) is 5.11 Å². The first-order chi connectivity index (χ1) is 8.75. The molecule has 0 aliphatic carbocycles. The SMILES string of the molecule is CCCCCC/C=C/CCC1=NCCN1C(C)O. The summed E-state index contributed by atoms with van der Waals surface area (Å²) in [4.78, 5) is 6.44. The summed E-state index contributed by atoms with van der Waals surface area (Å²) in [5.41, 5.74) is 0. The van der Waals surface area contributed by atoms with Crippen molar-refractivity contribution in [1.82, 2.24) is 4.90 Å². The largest absolute Gasteiger partial charge is 0.374 e. The Bertz CT molecular complexity index is 272. The smallest absolute Gasteiger partial charge is 0.125 e. The quantitative estimate of drug-likeness (QED) is 0.504. The van der Waals surface area contributed by atoms with Gasteiger partial charge in [-0.3, -0.25) is 4.99 Å². The number of nitrogens with zero attached hydrogens (tertiary/aromatic N) is 2. The number of allylic oxidation sites excluding steroid dienone is 2. The average molecular weight is 252 g/mol. The molecule has 3 nitrogen and oxygen atoms in total. The first-order valence-corrected chi connectivity index (χ1v) is 7.38. The molecule has 18 heavy (non-hydrogen) atoms. The fourth-order valence-corrected chi connectivity index (χ4v) is 2.27. The van der Waals surface area contributed by atoms with Crippen molar-refractivity contribution in [2.24, 2.45) is 4.99 Å². The molecule has 0 aromatic rings. The van der Waals surface area contributed by atoms with Gasteiger partial charge in [0.1, 0.15) is 12.1 Å². The van der Waals surface area contributed by atoms with E-state index in [1.54, 1.807) is 0 Å². The summed E-state index contributed by atoms with van der Waals surface area (Å²) in [5, 5.41) is 9.57. The van der Waals surface area contributed by atoms with Crippen LogP contribution in [0.25, 0.3) is 0 Å². The highest BCUT2D eigenvalue weighted by atomic mass is 16.3. The van der Waals surface area contributed by atoms with Crippen LogP contribution in [0.1, 0.15) is 58.8 Å². The van der Waals surface area contributed by atoms with Gasteiger partial charge in [-0.05, 0) is 26.2 Å². The summed E-state index contributed by atoms with van der Waals surface area (Å²) < 4.78 is 0.